The van der Waals surface area contributed by atoms with Crippen LogP contribution in [0.25, 0.3) is 11.2 Å². The Morgan fingerprint density at radius 1 is 1.19 bits per heavy atom. The van der Waals surface area contributed by atoms with Crippen molar-refractivity contribution in [1.29, 1.82) is 0 Å². The maximum absolute atomic E-state index is 12.3. The highest BCUT2D eigenvalue weighted by Crippen LogP contribution is 2.17. The lowest BCUT2D eigenvalue weighted by molar-refractivity contribution is -0.116. The molecule has 0 fully saturated rings. The van der Waals surface area contributed by atoms with Gasteiger partial charge in [-0.1, -0.05) is 0 Å². The van der Waals surface area contributed by atoms with Gasteiger partial charge in [0.25, 0.3) is 5.56 Å². The standard InChI is InChI=1S/C16H15F2N5O4/c1-21-13-12(14(25)22(2)16(21)26)23(8-19-13)7-11(24)20-9-3-5-10(6-4-9)27-15(17)18/h3-6,8,15H,7H2,1-2H3,(H,20,24). The van der Waals surface area contributed by atoms with Gasteiger partial charge in [-0.05, 0) is 24.3 Å². The maximum Gasteiger partial charge on any atom is 0.387 e. The Labute approximate surface area is 150 Å². The predicted molar refractivity (Wildman–Crippen MR) is 91.9 cm³/mol. The van der Waals surface area contributed by atoms with Crippen LogP contribution in [0, 0.1) is 0 Å². The average molecular weight is 379 g/mol. The molecule has 2 heterocycles. The van der Waals surface area contributed by atoms with E-state index < -0.39 is 23.8 Å². The van der Waals surface area contributed by atoms with Crippen molar-refractivity contribution < 1.29 is 18.3 Å². The van der Waals surface area contributed by atoms with E-state index in [9.17, 15) is 23.2 Å². The summed E-state index contributed by atoms with van der Waals surface area (Å²) in [7, 11) is 2.81. The molecule has 0 saturated carbocycles. The average Bonchev–Trinajstić information content (AvgIpc) is 3.03. The van der Waals surface area contributed by atoms with Crippen molar-refractivity contribution in [2.75, 3.05) is 5.32 Å². The summed E-state index contributed by atoms with van der Waals surface area (Å²) >= 11 is 0. The fraction of sp³-hybridized carbons (Fsp3) is 0.250. The molecule has 0 spiro atoms. The summed E-state index contributed by atoms with van der Waals surface area (Å²) in [6.07, 6.45) is 1.30. The molecule has 0 aliphatic rings. The Morgan fingerprint density at radius 2 is 1.85 bits per heavy atom. The molecule has 0 radical (unpaired) electrons. The number of hydrogen-bond donors (Lipinski definition) is 1. The van der Waals surface area contributed by atoms with Gasteiger partial charge >= 0.3 is 12.3 Å². The summed E-state index contributed by atoms with van der Waals surface area (Å²) < 4.78 is 32.0. The van der Waals surface area contributed by atoms with Gasteiger partial charge in [-0.25, -0.2) is 9.78 Å². The van der Waals surface area contributed by atoms with Crippen LogP contribution in [-0.4, -0.2) is 31.2 Å². The van der Waals surface area contributed by atoms with Gasteiger partial charge in [0.05, 0.1) is 6.33 Å². The number of nitrogens with zero attached hydrogens (tertiary/aromatic N) is 4. The van der Waals surface area contributed by atoms with Gasteiger partial charge in [-0.2, -0.15) is 8.78 Å². The van der Waals surface area contributed by atoms with Gasteiger partial charge in [-0.15, -0.1) is 0 Å². The number of hydrogen-bond acceptors (Lipinski definition) is 5. The van der Waals surface area contributed by atoms with E-state index in [0.717, 1.165) is 4.57 Å². The highest BCUT2D eigenvalue weighted by Gasteiger charge is 2.16. The summed E-state index contributed by atoms with van der Waals surface area (Å²) in [5.41, 5.74) is -0.425. The molecule has 0 unspecified atom stereocenters. The lowest BCUT2D eigenvalue weighted by atomic mass is 10.3. The van der Waals surface area contributed by atoms with Crippen LogP contribution in [-0.2, 0) is 25.4 Å². The zero-order valence-electron chi connectivity index (χ0n) is 14.3. The van der Waals surface area contributed by atoms with Crippen LogP contribution in [0.1, 0.15) is 0 Å². The second kappa shape index (κ2) is 7.02. The van der Waals surface area contributed by atoms with Crippen LogP contribution < -0.4 is 21.3 Å². The number of rotatable bonds is 5. The molecule has 0 atom stereocenters. The third-order valence-corrected chi connectivity index (χ3v) is 3.89. The topological polar surface area (TPSA) is 100 Å². The number of benzene rings is 1. The minimum absolute atomic E-state index is 0.0342. The number of carbonyl (C=O) groups is 1. The number of nitrogens with one attached hydrogen (secondary N) is 1. The SMILES string of the molecule is Cn1c(=O)c2c(ncn2CC(=O)Nc2ccc(OC(F)F)cc2)n(C)c1=O. The first kappa shape index (κ1) is 18.3. The van der Waals surface area contributed by atoms with Crippen LogP contribution in [0.4, 0.5) is 14.5 Å². The first-order chi connectivity index (χ1) is 12.8. The Hall–Kier alpha value is -3.50. The van der Waals surface area contributed by atoms with E-state index in [4.69, 9.17) is 0 Å². The largest absolute Gasteiger partial charge is 0.435 e. The fourth-order valence-corrected chi connectivity index (χ4v) is 2.59. The molecule has 1 N–H and O–H groups in total. The highest BCUT2D eigenvalue weighted by molar-refractivity contribution is 5.91. The number of fused-ring (bicyclic) bond motifs is 1. The van der Waals surface area contributed by atoms with Crippen molar-refractivity contribution in [2.24, 2.45) is 14.1 Å². The van der Waals surface area contributed by atoms with Gasteiger partial charge in [0.1, 0.15) is 12.3 Å². The molecule has 3 rings (SSSR count). The van der Waals surface area contributed by atoms with E-state index in [1.165, 1.54) is 53.8 Å². The van der Waals surface area contributed by atoms with E-state index in [1.807, 2.05) is 0 Å². The van der Waals surface area contributed by atoms with E-state index in [-0.39, 0.29) is 23.5 Å². The zero-order valence-corrected chi connectivity index (χ0v) is 14.3. The molecule has 1 aromatic carbocycles. The first-order valence-electron chi connectivity index (χ1n) is 7.73. The molecule has 27 heavy (non-hydrogen) atoms. The number of halogens is 2. The number of ether oxygens (including phenoxy) is 1. The highest BCUT2D eigenvalue weighted by atomic mass is 19.3. The van der Waals surface area contributed by atoms with E-state index in [1.54, 1.807) is 0 Å². The van der Waals surface area contributed by atoms with Crippen LogP contribution in [0.3, 0.4) is 0 Å². The van der Waals surface area contributed by atoms with Crippen LogP contribution in [0.5, 0.6) is 5.75 Å². The molecule has 142 valence electrons. The molecule has 0 bridgehead atoms. The molecular formula is C16H15F2N5O4. The van der Waals surface area contributed by atoms with Crippen molar-refractivity contribution in [3.8, 4) is 5.75 Å². The number of imidazole rings is 1. The minimum atomic E-state index is -2.93. The predicted octanol–water partition coefficient (Wildman–Crippen LogP) is 0.674. The number of amides is 1. The van der Waals surface area contributed by atoms with Gasteiger partial charge < -0.3 is 14.6 Å². The van der Waals surface area contributed by atoms with Crippen molar-refractivity contribution in [2.45, 2.75) is 13.2 Å². The minimum Gasteiger partial charge on any atom is -0.435 e. The molecule has 9 nitrogen and oxygen atoms in total. The third kappa shape index (κ3) is 3.57. The number of anilines is 1. The van der Waals surface area contributed by atoms with Crippen molar-refractivity contribution >= 4 is 22.8 Å². The number of aryl methyl sites for hydroxylation is 1. The van der Waals surface area contributed by atoms with Gasteiger partial charge in [0, 0.05) is 19.8 Å². The molecule has 0 aliphatic carbocycles. The molecule has 3 aromatic rings. The third-order valence-electron chi connectivity index (χ3n) is 3.89. The van der Waals surface area contributed by atoms with Crippen molar-refractivity contribution in [3.63, 3.8) is 0 Å². The summed E-state index contributed by atoms with van der Waals surface area (Å²) in [5, 5.41) is 2.58. The summed E-state index contributed by atoms with van der Waals surface area (Å²) in [5.74, 6) is -0.499. The smallest absolute Gasteiger partial charge is 0.387 e. The van der Waals surface area contributed by atoms with Crippen LogP contribution in [0.15, 0.2) is 40.2 Å². The maximum atomic E-state index is 12.3. The van der Waals surface area contributed by atoms with E-state index in [0.29, 0.717) is 5.69 Å². The van der Waals surface area contributed by atoms with E-state index in [2.05, 4.69) is 15.0 Å². The number of alkyl halides is 2. The molecular weight excluding hydrogens is 364 g/mol. The summed E-state index contributed by atoms with van der Waals surface area (Å²) in [6.45, 7) is -3.15. The Bertz CT molecular complexity index is 1110. The second-order valence-electron chi connectivity index (χ2n) is 5.70. The second-order valence-corrected chi connectivity index (χ2v) is 5.70. The Kier molecular flexibility index (Phi) is 4.75. The molecule has 2 aromatic heterocycles. The van der Waals surface area contributed by atoms with Crippen molar-refractivity contribution in [3.05, 3.63) is 51.4 Å². The quantitative estimate of drug-likeness (QED) is 0.703. The summed E-state index contributed by atoms with van der Waals surface area (Å²) in [6, 6.07) is 5.40. The Morgan fingerprint density at radius 3 is 2.48 bits per heavy atom. The lowest BCUT2D eigenvalue weighted by Crippen LogP contribution is -2.37. The van der Waals surface area contributed by atoms with E-state index >= 15 is 0 Å². The zero-order chi connectivity index (χ0) is 19.7. The summed E-state index contributed by atoms with van der Waals surface area (Å²) in [4.78, 5) is 40.5. The molecule has 0 saturated heterocycles. The van der Waals surface area contributed by atoms with Crippen LogP contribution in [0.2, 0.25) is 0 Å². The van der Waals surface area contributed by atoms with Gasteiger partial charge in [-0.3, -0.25) is 18.7 Å². The monoisotopic (exact) mass is 379 g/mol. The fourth-order valence-electron chi connectivity index (χ4n) is 2.59. The molecule has 0 aliphatic heterocycles. The Balaban J connectivity index is 1.81. The normalized spacial score (nSPS) is 11.1. The van der Waals surface area contributed by atoms with Crippen LogP contribution >= 0.6 is 0 Å². The molecule has 11 heteroatoms. The van der Waals surface area contributed by atoms with Crippen molar-refractivity contribution in [1.82, 2.24) is 18.7 Å². The van der Waals surface area contributed by atoms with Gasteiger partial charge in [0.15, 0.2) is 11.2 Å². The number of carbonyl (C=O) groups excluding carboxylic acids is 1. The molecule has 1 amide bonds. The first-order valence-corrected chi connectivity index (χ1v) is 7.73. The lowest BCUT2D eigenvalue weighted by Gasteiger charge is -2.09. The number of aromatic nitrogens is 4. The van der Waals surface area contributed by atoms with Gasteiger partial charge in [0.2, 0.25) is 5.91 Å².